The predicted molar refractivity (Wildman–Crippen MR) is 103 cm³/mol. The third-order valence-electron chi connectivity index (χ3n) is 3.50. The standard InChI is InChI=1S/C20H24N2O5/c1-15(23)22-21-14-16-7-4-10-19(25-3)20(16)27-12-6-11-26-18-9-5-8-17(13-18)24-2/h4-5,7-10,13-14H,6,11-12H2,1-3H3,(H,22,23)/b21-14+. The van der Waals surface area contributed by atoms with Crippen LogP contribution >= 0.6 is 0 Å². The molecule has 0 saturated carbocycles. The molecular formula is C20H24N2O5. The summed E-state index contributed by atoms with van der Waals surface area (Å²) in [4.78, 5) is 10.9. The van der Waals surface area contributed by atoms with Crippen molar-refractivity contribution in [1.82, 2.24) is 5.43 Å². The van der Waals surface area contributed by atoms with Gasteiger partial charge in [0.1, 0.15) is 11.5 Å². The number of hydrogen-bond donors (Lipinski definition) is 1. The Hall–Kier alpha value is -3.22. The highest BCUT2D eigenvalue weighted by atomic mass is 16.5. The van der Waals surface area contributed by atoms with Gasteiger partial charge in [0.05, 0.1) is 33.6 Å². The molecule has 2 rings (SSSR count). The number of ether oxygens (including phenoxy) is 4. The Labute approximate surface area is 158 Å². The molecule has 0 aliphatic heterocycles. The van der Waals surface area contributed by atoms with Crippen molar-refractivity contribution in [3.8, 4) is 23.0 Å². The van der Waals surface area contributed by atoms with Gasteiger partial charge in [-0.25, -0.2) is 5.43 Å². The molecule has 2 aromatic carbocycles. The second kappa shape index (κ2) is 10.7. The zero-order chi connectivity index (χ0) is 19.5. The molecule has 0 spiro atoms. The summed E-state index contributed by atoms with van der Waals surface area (Å²) < 4.78 is 22.1. The minimum atomic E-state index is -0.244. The molecule has 1 amide bonds. The Morgan fingerprint density at radius 2 is 1.78 bits per heavy atom. The van der Waals surface area contributed by atoms with Crippen LogP contribution in [0, 0.1) is 0 Å². The molecule has 0 radical (unpaired) electrons. The van der Waals surface area contributed by atoms with Crippen molar-refractivity contribution in [2.45, 2.75) is 13.3 Å². The smallest absolute Gasteiger partial charge is 0.236 e. The highest BCUT2D eigenvalue weighted by Gasteiger charge is 2.09. The molecule has 2 aromatic rings. The van der Waals surface area contributed by atoms with Crippen LogP contribution in [0.3, 0.4) is 0 Å². The topological polar surface area (TPSA) is 78.4 Å². The first-order valence-corrected chi connectivity index (χ1v) is 8.50. The van der Waals surface area contributed by atoms with Crippen molar-refractivity contribution in [3.63, 3.8) is 0 Å². The van der Waals surface area contributed by atoms with Gasteiger partial charge in [0.25, 0.3) is 0 Å². The van der Waals surface area contributed by atoms with E-state index in [0.717, 1.165) is 11.5 Å². The second-order valence-electron chi connectivity index (χ2n) is 5.53. The van der Waals surface area contributed by atoms with E-state index in [0.29, 0.717) is 36.7 Å². The predicted octanol–water partition coefficient (Wildman–Crippen LogP) is 3.02. The van der Waals surface area contributed by atoms with E-state index in [9.17, 15) is 4.79 Å². The van der Waals surface area contributed by atoms with Gasteiger partial charge in [-0.15, -0.1) is 0 Å². The lowest BCUT2D eigenvalue weighted by Gasteiger charge is -2.13. The first-order valence-electron chi connectivity index (χ1n) is 8.50. The fourth-order valence-corrected chi connectivity index (χ4v) is 2.26. The van der Waals surface area contributed by atoms with Crippen molar-refractivity contribution in [2.24, 2.45) is 5.10 Å². The first-order chi connectivity index (χ1) is 13.1. The van der Waals surface area contributed by atoms with E-state index in [1.54, 1.807) is 20.3 Å². The Kier molecular flexibility index (Phi) is 7.96. The molecule has 0 bridgehead atoms. The maximum Gasteiger partial charge on any atom is 0.236 e. The van der Waals surface area contributed by atoms with Crippen molar-refractivity contribution >= 4 is 12.1 Å². The van der Waals surface area contributed by atoms with Crippen LogP contribution in [-0.4, -0.2) is 39.6 Å². The lowest BCUT2D eigenvalue weighted by Crippen LogP contribution is -2.12. The van der Waals surface area contributed by atoms with Gasteiger partial charge in [-0.1, -0.05) is 12.1 Å². The van der Waals surface area contributed by atoms with E-state index in [4.69, 9.17) is 18.9 Å². The summed E-state index contributed by atoms with van der Waals surface area (Å²) in [5.74, 6) is 2.41. The van der Waals surface area contributed by atoms with Gasteiger partial charge in [0.15, 0.2) is 11.5 Å². The lowest BCUT2D eigenvalue weighted by molar-refractivity contribution is -0.118. The number of benzene rings is 2. The number of methoxy groups -OCH3 is 2. The summed E-state index contributed by atoms with van der Waals surface area (Å²) >= 11 is 0. The molecular weight excluding hydrogens is 348 g/mol. The Bertz CT molecular complexity index is 777. The third-order valence-corrected chi connectivity index (χ3v) is 3.50. The summed E-state index contributed by atoms with van der Waals surface area (Å²) in [6.45, 7) is 2.33. The average molecular weight is 372 g/mol. The van der Waals surface area contributed by atoms with Crippen LogP contribution in [0.15, 0.2) is 47.6 Å². The van der Waals surface area contributed by atoms with Crippen LogP contribution in [0.4, 0.5) is 0 Å². The van der Waals surface area contributed by atoms with Gasteiger partial charge >= 0.3 is 0 Å². The SMILES string of the molecule is COc1cccc(OCCCOc2c(/C=N/NC(C)=O)cccc2OC)c1. The fraction of sp³-hybridized carbons (Fsp3) is 0.300. The summed E-state index contributed by atoms with van der Waals surface area (Å²) in [7, 11) is 3.19. The number of carbonyl (C=O) groups excluding carboxylic acids is 1. The van der Waals surface area contributed by atoms with E-state index in [-0.39, 0.29) is 5.91 Å². The Morgan fingerprint density at radius 1 is 1.04 bits per heavy atom. The van der Waals surface area contributed by atoms with E-state index in [2.05, 4.69) is 10.5 Å². The Balaban J connectivity index is 1.90. The van der Waals surface area contributed by atoms with Gasteiger partial charge in [-0.3, -0.25) is 4.79 Å². The molecule has 7 heteroatoms. The summed E-state index contributed by atoms with van der Waals surface area (Å²) in [5, 5.41) is 3.88. The molecule has 0 aliphatic carbocycles. The van der Waals surface area contributed by atoms with Gasteiger partial charge in [0, 0.05) is 25.0 Å². The third kappa shape index (κ3) is 6.54. The molecule has 27 heavy (non-hydrogen) atoms. The van der Waals surface area contributed by atoms with Crippen LogP contribution in [0.1, 0.15) is 18.9 Å². The number of nitrogens with zero attached hydrogens (tertiary/aromatic N) is 1. The van der Waals surface area contributed by atoms with Gasteiger partial charge < -0.3 is 18.9 Å². The quantitative estimate of drug-likeness (QED) is 0.394. The van der Waals surface area contributed by atoms with Crippen molar-refractivity contribution in [2.75, 3.05) is 27.4 Å². The zero-order valence-corrected chi connectivity index (χ0v) is 15.7. The van der Waals surface area contributed by atoms with E-state index in [1.807, 2.05) is 36.4 Å². The largest absolute Gasteiger partial charge is 0.497 e. The highest BCUT2D eigenvalue weighted by molar-refractivity contribution is 5.86. The molecule has 144 valence electrons. The lowest BCUT2D eigenvalue weighted by atomic mass is 10.2. The summed E-state index contributed by atoms with van der Waals surface area (Å²) in [6.07, 6.45) is 2.20. The van der Waals surface area contributed by atoms with Crippen molar-refractivity contribution in [1.29, 1.82) is 0 Å². The monoisotopic (exact) mass is 372 g/mol. The summed E-state index contributed by atoms with van der Waals surface area (Å²) in [5.41, 5.74) is 3.07. The number of hydrazone groups is 1. The second-order valence-corrected chi connectivity index (χ2v) is 5.53. The summed E-state index contributed by atoms with van der Waals surface area (Å²) in [6, 6.07) is 12.9. The maximum atomic E-state index is 10.9. The van der Waals surface area contributed by atoms with Crippen LogP contribution in [0.2, 0.25) is 0 Å². The molecule has 7 nitrogen and oxygen atoms in total. The van der Waals surface area contributed by atoms with E-state index in [1.165, 1.54) is 13.1 Å². The van der Waals surface area contributed by atoms with Gasteiger partial charge in [0.2, 0.25) is 5.91 Å². The Morgan fingerprint density at radius 3 is 2.52 bits per heavy atom. The van der Waals surface area contributed by atoms with Crippen molar-refractivity contribution < 1.29 is 23.7 Å². The molecule has 0 aliphatic rings. The molecule has 1 N–H and O–H groups in total. The number of carbonyl (C=O) groups is 1. The van der Waals surface area contributed by atoms with Crippen LogP contribution in [-0.2, 0) is 4.79 Å². The minimum Gasteiger partial charge on any atom is -0.497 e. The van der Waals surface area contributed by atoms with Gasteiger partial charge in [-0.05, 0) is 24.3 Å². The number of para-hydroxylation sites is 1. The van der Waals surface area contributed by atoms with Crippen LogP contribution in [0.25, 0.3) is 0 Å². The number of rotatable bonds is 10. The van der Waals surface area contributed by atoms with E-state index >= 15 is 0 Å². The zero-order valence-electron chi connectivity index (χ0n) is 15.7. The average Bonchev–Trinajstić information content (AvgIpc) is 2.68. The molecule has 0 atom stereocenters. The molecule has 0 fully saturated rings. The van der Waals surface area contributed by atoms with E-state index < -0.39 is 0 Å². The minimum absolute atomic E-state index is 0.244. The fourth-order valence-electron chi connectivity index (χ4n) is 2.26. The number of nitrogens with one attached hydrogen (secondary N) is 1. The highest BCUT2D eigenvalue weighted by Crippen LogP contribution is 2.30. The van der Waals surface area contributed by atoms with Crippen molar-refractivity contribution in [3.05, 3.63) is 48.0 Å². The van der Waals surface area contributed by atoms with Crippen LogP contribution < -0.4 is 24.4 Å². The number of amides is 1. The molecule has 0 heterocycles. The molecule has 0 saturated heterocycles. The number of hydrogen-bond acceptors (Lipinski definition) is 6. The normalized spacial score (nSPS) is 10.5. The first kappa shape index (κ1) is 20.1. The van der Waals surface area contributed by atoms with Gasteiger partial charge in [-0.2, -0.15) is 5.10 Å². The maximum absolute atomic E-state index is 10.9. The molecule has 0 unspecified atom stereocenters. The van der Waals surface area contributed by atoms with Crippen LogP contribution in [0.5, 0.6) is 23.0 Å². The molecule has 0 aromatic heterocycles.